The summed E-state index contributed by atoms with van der Waals surface area (Å²) in [5.41, 5.74) is 1.97. The molecular formula is C21H26AcO2. The fourth-order valence-electron chi connectivity index (χ4n) is 5.94. The summed E-state index contributed by atoms with van der Waals surface area (Å²) in [6.45, 7) is 2.24. The predicted molar refractivity (Wildman–Crippen MR) is 91.4 cm³/mol. The Morgan fingerprint density at radius 2 is 2.04 bits per heavy atom. The fourth-order valence-corrected chi connectivity index (χ4v) is 5.94. The predicted octanol–water partition coefficient (Wildman–Crippen LogP) is 3.92. The van der Waals surface area contributed by atoms with Crippen LogP contribution in [0.1, 0.15) is 56.1 Å². The summed E-state index contributed by atoms with van der Waals surface area (Å²) in [5, 5.41) is 11.0. The summed E-state index contributed by atoms with van der Waals surface area (Å²) in [7, 11) is 1.73. The van der Waals surface area contributed by atoms with E-state index in [1.807, 2.05) is 0 Å². The molecule has 0 aliphatic heterocycles. The van der Waals surface area contributed by atoms with E-state index in [2.05, 4.69) is 31.0 Å². The van der Waals surface area contributed by atoms with E-state index in [-0.39, 0.29) is 49.5 Å². The van der Waals surface area contributed by atoms with Crippen molar-refractivity contribution < 1.29 is 53.9 Å². The molecule has 0 bridgehead atoms. The first kappa shape index (κ1) is 18.8. The zero-order chi connectivity index (χ0) is 16.2. The number of hydrogen-bond donors (Lipinski definition) is 1. The van der Waals surface area contributed by atoms with E-state index in [0.717, 1.165) is 37.9 Å². The van der Waals surface area contributed by atoms with Crippen molar-refractivity contribution >= 4 is 0 Å². The Hall–Kier alpha value is -0.0184. The number of aliphatic hydroxyl groups is 1. The van der Waals surface area contributed by atoms with Gasteiger partial charge in [-0.15, -0.1) is 6.42 Å². The average Bonchev–Trinajstić information content (AvgIpc) is 2.86. The molecule has 1 radical (unpaired) electrons. The molecule has 4 unspecified atom stereocenters. The first-order valence-corrected chi connectivity index (χ1v) is 8.89. The van der Waals surface area contributed by atoms with Crippen LogP contribution >= 0.6 is 0 Å². The minimum Gasteiger partial charge on any atom is -0.497 e. The van der Waals surface area contributed by atoms with Crippen molar-refractivity contribution in [1.29, 1.82) is 0 Å². The van der Waals surface area contributed by atoms with Crippen LogP contribution in [0, 0.1) is 73.7 Å². The number of ether oxygens (including phenoxy) is 1. The first-order chi connectivity index (χ1) is 11.0. The Morgan fingerprint density at radius 3 is 2.75 bits per heavy atom. The third-order valence-corrected chi connectivity index (χ3v) is 7.32. The van der Waals surface area contributed by atoms with Gasteiger partial charge in [-0.05, 0) is 79.5 Å². The van der Waals surface area contributed by atoms with Gasteiger partial charge in [-0.1, -0.05) is 18.9 Å². The third-order valence-electron chi connectivity index (χ3n) is 7.32. The minimum absolute atomic E-state index is 0. The molecule has 4 rings (SSSR count). The fraction of sp³-hybridized carbons (Fsp3) is 0.619. The molecule has 2 fully saturated rings. The zero-order valence-electron chi connectivity index (χ0n) is 14.7. The normalized spacial score (nSPS) is 39.7. The molecule has 1 N–H and O–H groups in total. The van der Waals surface area contributed by atoms with Crippen LogP contribution in [0.25, 0.3) is 0 Å². The van der Waals surface area contributed by atoms with Crippen molar-refractivity contribution in [2.45, 2.75) is 57.0 Å². The van der Waals surface area contributed by atoms with Crippen LogP contribution in [-0.2, 0) is 6.42 Å². The molecule has 125 valence electrons. The van der Waals surface area contributed by atoms with Crippen LogP contribution in [0.15, 0.2) is 18.2 Å². The Kier molecular flexibility index (Phi) is 5.17. The van der Waals surface area contributed by atoms with E-state index in [1.165, 1.54) is 17.5 Å². The van der Waals surface area contributed by atoms with Crippen molar-refractivity contribution in [3.8, 4) is 18.1 Å². The zero-order valence-corrected chi connectivity index (χ0v) is 19.5. The van der Waals surface area contributed by atoms with Gasteiger partial charge in [0.25, 0.3) is 0 Å². The van der Waals surface area contributed by atoms with Gasteiger partial charge >= 0.3 is 0 Å². The van der Waals surface area contributed by atoms with E-state index in [0.29, 0.717) is 17.8 Å². The number of aryl methyl sites for hydroxylation is 1. The maximum absolute atomic E-state index is 11.0. The molecule has 0 saturated heterocycles. The molecule has 3 aliphatic carbocycles. The van der Waals surface area contributed by atoms with Gasteiger partial charge in [-0.3, -0.25) is 0 Å². The Bertz CT molecular complexity index is 679. The summed E-state index contributed by atoms with van der Waals surface area (Å²) < 4.78 is 5.39. The van der Waals surface area contributed by atoms with E-state index in [9.17, 15) is 5.11 Å². The number of methoxy groups -OCH3 is 1. The van der Waals surface area contributed by atoms with Crippen LogP contribution in [0.2, 0.25) is 0 Å². The van der Waals surface area contributed by atoms with Crippen molar-refractivity contribution in [1.82, 2.24) is 0 Å². The molecule has 1 aromatic rings. The Morgan fingerprint density at radius 1 is 1.25 bits per heavy atom. The van der Waals surface area contributed by atoms with Crippen molar-refractivity contribution in [2.75, 3.05) is 7.11 Å². The second-order valence-electron chi connectivity index (χ2n) is 7.98. The number of hydrogen-bond acceptors (Lipinski definition) is 2. The number of benzene rings is 1. The molecule has 0 amide bonds. The SMILES string of the molecule is C#CC1(O)CCC2C3CCc4cc(OC)ccc4C3CC[C@@]21C.[Ac]. The molecule has 0 spiro atoms. The van der Waals surface area contributed by atoms with Crippen LogP contribution in [0.5, 0.6) is 5.75 Å². The second-order valence-corrected chi connectivity index (χ2v) is 7.98. The smallest absolute Gasteiger partial charge is 0.130 e. The topological polar surface area (TPSA) is 29.5 Å². The molecule has 2 saturated carbocycles. The summed E-state index contributed by atoms with van der Waals surface area (Å²) in [6, 6.07) is 6.59. The van der Waals surface area contributed by atoms with Gasteiger partial charge in [0.2, 0.25) is 0 Å². The number of terminal acetylenes is 1. The molecule has 5 atom stereocenters. The molecule has 2 nitrogen and oxygen atoms in total. The van der Waals surface area contributed by atoms with Gasteiger partial charge in [0.05, 0.1) is 7.11 Å². The van der Waals surface area contributed by atoms with Gasteiger partial charge in [0, 0.05) is 49.5 Å². The summed E-state index contributed by atoms with van der Waals surface area (Å²) >= 11 is 0. The maximum Gasteiger partial charge on any atom is 0.130 e. The molecule has 24 heavy (non-hydrogen) atoms. The maximum atomic E-state index is 11.0. The van der Waals surface area contributed by atoms with Crippen molar-refractivity contribution in [2.24, 2.45) is 17.3 Å². The van der Waals surface area contributed by atoms with Crippen LogP contribution < -0.4 is 4.74 Å². The summed E-state index contributed by atoms with van der Waals surface area (Å²) in [6.07, 6.45) is 12.1. The summed E-state index contributed by atoms with van der Waals surface area (Å²) in [4.78, 5) is 0. The van der Waals surface area contributed by atoms with Gasteiger partial charge < -0.3 is 9.84 Å². The van der Waals surface area contributed by atoms with Gasteiger partial charge in [0.1, 0.15) is 11.4 Å². The molecular weight excluding hydrogens is 511 g/mol. The first-order valence-electron chi connectivity index (χ1n) is 8.89. The van der Waals surface area contributed by atoms with E-state index < -0.39 is 5.60 Å². The molecule has 0 heterocycles. The van der Waals surface area contributed by atoms with Crippen molar-refractivity contribution in [3.05, 3.63) is 29.3 Å². The number of rotatable bonds is 1. The van der Waals surface area contributed by atoms with Crippen LogP contribution in [0.4, 0.5) is 0 Å². The standard InChI is InChI=1S/C21H26O2.Ac/c1-4-21(22)12-10-19-18-7-5-14-13-15(23-3)6-8-16(14)17(18)9-11-20(19,21)2;/h1,6,8,13,17-19,22H,5,7,9-12H2,2-3H3;/t17?,18?,19?,20-,21?;/m0./s1. The van der Waals surface area contributed by atoms with Gasteiger partial charge in [-0.25, -0.2) is 0 Å². The molecule has 3 aliphatic rings. The largest absolute Gasteiger partial charge is 0.497 e. The molecule has 3 heteroatoms. The molecule has 0 aromatic heterocycles. The van der Waals surface area contributed by atoms with Crippen LogP contribution in [-0.4, -0.2) is 17.8 Å². The number of fused-ring (bicyclic) bond motifs is 5. The average molecular weight is 537 g/mol. The third kappa shape index (κ3) is 2.52. The van der Waals surface area contributed by atoms with E-state index in [1.54, 1.807) is 7.11 Å². The van der Waals surface area contributed by atoms with Gasteiger partial charge in [-0.2, -0.15) is 0 Å². The van der Waals surface area contributed by atoms with Gasteiger partial charge in [0.15, 0.2) is 0 Å². The Labute approximate surface area is 181 Å². The second kappa shape index (κ2) is 6.61. The Balaban J connectivity index is 0.00000169. The molecule has 1 aromatic carbocycles. The van der Waals surface area contributed by atoms with Crippen molar-refractivity contribution in [3.63, 3.8) is 0 Å². The van der Waals surface area contributed by atoms with E-state index >= 15 is 0 Å². The van der Waals surface area contributed by atoms with E-state index in [4.69, 9.17) is 11.2 Å². The quantitative estimate of drug-likeness (QED) is 0.551. The van der Waals surface area contributed by atoms with Crippen LogP contribution in [0.3, 0.4) is 0 Å². The summed E-state index contributed by atoms with van der Waals surface area (Å²) in [5.74, 6) is 5.56. The minimum atomic E-state index is -0.900. The monoisotopic (exact) mass is 537 g/mol.